The number of ether oxygens (including phenoxy) is 1. The first-order valence-electron chi connectivity index (χ1n) is 6.04. The monoisotopic (exact) mass is 274 g/mol. The highest BCUT2D eigenvalue weighted by Gasteiger charge is 2.09. The van der Waals surface area contributed by atoms with Gasteiger partial charge >= 0.3 is 0 Å². The molecule has 0 bridgehead atoms. The van der Waals surface area contributed by atoms with Gasteiger partial charge in [0.2, 0.25) is 0 Å². The highest BCUT2D eigenvalue weighted by atomic mass is 19.1. The molecule has 0 aliphatic heterocycles. The Hall–Kier alpha value is -2.56. The largest absolute Gasteiger partial charge is 0.454 e. The molecule has 20 heavy (non-hydrogen) atoms. The molecule has 0 spiro atoms. The van der Waals surface area contributed by atoms with E-state index in [1.165, 1.54) is 12.1 Å². The molecule has 2 aromatic carbocycles. The van der Waals surface area contributed by atoms with Crippen LogP contribution < -0.4 is 10.5 Å². The van der Waals surface area contributed by atoms with Gasteiger partial charge in [-0.25, -0.2) is 4.39 Å². The maximum Gasteiger partial charge on any atom is 0.170 e. The van der Waals surface area contributed by atoms with E-state index in [1.807, 2.05) is 26.0 Å². The lowest BCUT2D eigenvalue weighted by Crippen LogP contribution is -2.13. The first-order valence-corrected chi connectivity index (χ1v) is 6.04. The normalized spacial score (nSPS) is 11.4. The van der Waals surface area contributed by atoms with Crippen LogP contribution in [0.3, 0.4) is 0 Å². The number of benzene rings is 2. The molecule has 0 fully saturated rings. The average Bonchev–Trinajstić information content (AvgIpc) is 2.42. The lowest BCUT2D eigenvalue weighted by atomic mass is 10.1. The summed E-state index contributed by atoms with van der Waals surface area (Å²) in [5, 5.41) is 11.4. The molecule has 2 rings (SSSR count). The molecule has 104 valence electrons. The number of oxime groups is 1. The van der Waals surface area contributed by atoms with Crippen LogP contribution in [0.2, 0.25) is 0 Å². The molecule has 4 nitrogen and oxygen atoms in total. The Morgan fingerprint density at radius 3 is 2.45 bits per heavy atom. The van der Waals surface area contributed by atoms with E-state index >= 15 is 0 Å². The summed E-state index contributed by atoms with van der Waals surface area (Å²) < 4.78 is 19.5. The van der Waals surface area contributed by atoms with Crippen molar-refractivity contribution in [2.24, 2.45) is 10.9 Å². The van der Waals surface area contributed by atoms with Crippen molar-refractivity contribution in [1.82, 2.24) is 0 Å². The number of amidine groups is 1. The highest BCUT2D eigenvalue weighted by Crippen LogP contribution is 2.28. The van der Waals surface area contributed by atoms with Crippen molar-refractivity contribution in [3.05, 3.63) is 58.9 Å². The number of hydrogen-bond donors (Lipinski definition) is 2. The predicted octanol–water partition coefficient (Wildman–Crippen LogP) is 3.33. The topological polar surface area (TPSA) is 67.8 Å². The van der Waals surface area contributed by atoms with Gasteiger partial charge in [-0.15, -0.1) is 0 Å². The summed E-state index contributed by atoms with van der Waals surface area (Å²) in [6.45, 7) is 3.87. The van der Waals surface area contributed by atoms with Crippen molar-refractivity contribution in [3.63, 3.8) is 0 Å². The molecule has 0 aliphatic carbocycles. The molecule has 0 radical (unpaired) electrons. The summed E-state index contributed by atoms with van der Waals surface area (Å²) in [5.41, 5.74) is 7.72. The van der Waals surface area contributed by atoms with E-state index in [0.29, 0.717) is 5.75 Å². The van der Waals surface area contributed by atoms with Crippen molar-refractivity contribution < 1.29 is 14.3 Å². The van der Waals surface area contributed by atoms with Crippen LogP contribution in [0, 0.1) is 19.7 Å². The average molecular weight is 274 g/mol. The fourth-order valence-electron chi connectivity index (χ4n) is 1.83. The molecule has 0 saturated heterocycles. The summed E-state index contributed by atoms with van der Waals surface area (Å²) in [4.78, 5) is 0. The molecule has 3 N–H and O–H groups in total. The minimum atomic E-state index is -0.575. The van der Waals surface area contributed by atoms with Gasteiger partial charge in [-0.1, -0.05) is 22.9 Å². The Morgan fingerprint density at radius 1 is 1.15 bits per heavy atom. The van der Waals surface area contributed by atoms with Gasteiger partial charge in [-0.3, -0.25) is 0 Å². The molecule has 0 saturated carbocycles. The minimum absolute atomic E-state index is 0.0893. The molecule has 0 atom stereocenters. The first kappa shape index (κ1) is 13.9. The fourth-order valence-corrected chi connectivity index (χ4v) is 1.83. The summed E-state index contributed by atoms with van der Waals surface area (Å²) >= 11 is 0. The predicted molar refractivity (Wildman–Crippen MR) is 74.9 cm³/mol. The minimum Gasteiger partial charge on any atom is -0.454 e. The number of halogens is 1. The molecule has 0 unspecified atom stereocenters. The summed E-state index contributed by atoms with van der Waals surface area (Å²) in [6, 6.07) is 9.78. The first-order chi connectivity index (χ1) is 9.51. The van der Waals surface area contributed by atoms with Crippen LogP contribution in [-0.2, 0) is 0 Å². The SMILES string of the molecule is Cc1ccc(Oc2ccc(/C(N)=N/O)cc2F)c(C)c1. The second kappa shape index (κ2) is 5.61. The molecular formula is C15H15FN2O2. The molecule has 0 aromatic heterocycles. The van der Waals surface area contributed by atoms with Gasteiger partial charge in [-0.05, 0) is 43.7 Å². The third-order valence-electron chi connectivity index (χ3n) is 2.89. The van der Waals surface area contributed by atoms with E-state index in [9.17, 15) is 4.39 Å². The van der Waals surface area contributed by atoms with Crippen LogP contribution >= 0.6 is 0 Å². The molecular weight excluding hydrogens is 259 g/mol. The zero-order valence-electron chi connectivity index (χ0n) is 11.2. The van der Waals surface area contributed by atoms with E-state index in [0.717, 1.165) is 17.2 Å². The van der Waals surface area contributed by atoms with Crippen molar-refractivity contribution in [2.75, 3.05) is 0 Å². The summed E-state index contributed by atoms with van der Waals surface area (Å²) in [7, 11) is 0. The van der Waals surface area contributed by atoms with Crippen molar-refractivity contribution in [3.8, 4) is 11.5 Å². The molecule has 0 amide bonds. The number of rotatable bonds is 3. The van der Waals surface area contributed by atoms with Crippen LogP contribution in [-0.4, -0.2) is 11.0 Å². The Labute approximate surface area is 116 Å². The van der Waals surface area contributed by atoms with Crippen molar-refractivity contribution in [1.29, 1.82) is 0 Å². The Morgan fingerprint density at radius 2 is 1.85 bits per heavy atom. The number of hydrogen-bond acceptors (Lipinski definition) is 3. The Balaban J connectivity index is 2.30. The Kier molecular flexibility index (Phi) is 3.89. The smallest absolute Gasteiger partial charge is 0.170 e. The maximum absolute atomic E-state index is 13.9. The van der Waals surface area contributed by atoms with Gasteiger partial charge in [0.05, 0.1) is 0 Å². The van der Waals surface area contributed by atoms with Crippen LogP contribution in [0.1, 0.15) is 16.7 Å². The van der Waals surface area contributed by atoms with E-state index < -0.39 is 5.82 Å². The van der Waals surface area contributed by atoms with Crippen LogP contribution in [0.15, 0.2) is 41.6 Å². The van der Waals surface area contributed by atoms with Gasteiger partial charge in [0.1, 0.15) is 5.75 Å². The zero-order chi connectivity index (χ0) is 14.7. The van der Waals surface area contributed by atoms with Crippen LogP contribution in [0.5, 0.6) is 11.5 Å². The van der Waals surface area contributed by atoms with E-state index in [-0.39, 0.29) is 17.1 Å². The highest BCUT2D eigenvalue weighted by molar-refractivity contribution is 5.97. The molecule has 0 aliphatic rings. The van der Waals surface area contributed by atoms with Gasteiger partial charge in [0, 0.05) is 5.56 Å². The van der Waals surface area contributed by atoms with Gasteiger partial charge in [0.25, 0.3) is 0 Å². The summed E-state index contributed by atoms with van der Waals surface area (Å²) in [5.74, 6) is -0.0477. The molecule has 2 aromatic rings. The quantitative estimate of drug-likeness (QED) is 0.390. The third-order valence-corrected chi connectivity index (χ3v) is 2.89. The molecule has 5 heteroatoms. The van der Waals surface area contributed by atoms with E-state index in [2.05, 4.69) is 5.16 Å². The zero-order valence-corrected chi connectivity index (χ0v) is 11.2. The second-order valence-electron chi connectivity index (χ2n) is 4.50. The van der Waals surface area contributed by atoms with Gasteiger partial charge in [-0.2, -0.15) is 0 Å². The van der Waals surface area contributed by atoms with Crippen LogP contribution in [0.4, 0.5) is 4.39 Å². The standard InChI is InChI=1S/C15H15FN2O2/c1-9-3-5-13(10(2)7-9)20-14-6-4-11(8-12(14)16)15(17)18-19/h3-8,19H,1-2H3,(H2,17,18). The second-order valence-corrected chi connectivity index (χ2v) is 4.50. The lowest BCUT2D eigenvalue weighted by Gasteiger charge is -2.10. The number of nitrogens with zero attached hydrogens (tertiary/aromatic N) is 1. The molecule has 0 heterocycles. The van der Waals surface area contributed by atoms with Gasteiger partial charge in [0.15, 0.2) is 17.4 Å². The Bertz CT molecular complexity index is 669. The van der Waals surface area contributed by atoms with E-state index in [1.54, 1.807) is 6.07 Å². The fraction of sp³-hybridized carbons (Fsp3) is 0.133. The number of aryl methyl sites for hydroxylation is 2. The summed E-state index contributed by atoms with van der Waals surface area (Å²) in [6.07, 6.45) is 0. The lowest BCUT2D eigenvalue weighted by molar-refractivity contribution is 0.318. The number of nitrogens with two attached hydrogens (primary N) is 1. The maximum atomic E-state index is 13.9. The third kappa shape index (κ3) is 2.88. The van der Waals surface area contributed by atoms with Crippen LogP contribution in [0.25, 0.3) is 0 Å². The van der Waals surface area contributed by atoms with Crippen molar-refractivity contribution in [2.45, 2.75) is 13.8 Å². The van der Waals surface area contributed by atoms with Gasteiger partial charge < -0.3 is 15.7 Å². The van der Waals surface area contributed by atoms with Crippen molar-refractivity contribution >= 4 is 5.84 Å². The van der Waals surface area contributed by atoms with E-state index in [4.69, 9.17) is 15.7 Å².